The van der Waals surface area contributed by atoms with Crippen molar-refractivity contribution in [3.05, 3.63) is 34.3 Å². The zero-order valence-electron chi connectivity index (χ0n) is 10.9. The van der Waals surface area contributed by atoms with Crippen LogP contribution in [0.3, 0.4) is 0 Å². The highest BCUT2D eigenvalue weighted by Gasteiger charge is 2.30. The van der Waals surface area contributed by atoms with E-state index in [0.717, 1.165) is 4.47 Å². The Hall–Kier alpha value is -1.40. The van der Waals surface area contributed by atoms with Gasteiger partial charge in [0.1, 0.15) is 5.54 Å². The molecule has 1 aromatic carbocycles. The number of amides is 1. The first kappa shape index (κ1) is 15.7. The molecule has 5 nitrogen and oxygen atoms in total. The summed E-state index contributed by atoms with van der Waals surface area (Å²) in [6.45, 7) is 1.83. The topological polar surface area (TPSA) is 81.4 Å². The molecule has 0 saturated heterocycles. The summed E-state index contributed by atoms with van der Waals surface area (Å²) >= 11 is 3.32. The molecule has 0 spiro atoms. The number of benzene rings is 1. The number of carbonyl (C=O) groups is 2. The van der Waals surface area contributed by atoms with Gasteiger partial charge in [-0.05, 0) is 24.6 Å². The Morgan fingerprint density at radius 1 is 1.37 bits per heavy atom. The maximum Gasteiger partial charge on any atom is 0.307 e. The molecule has 19 heavy (non-hydrogen) atoms. The average Bonchev–Trinajstić information content (AvgIpc) is 2.38. The van der Waals surface area contributed by atoms with Gasteiger partial charge in [0.15, 0.2) is 0 Å². The number of ether oxygens (including phenoxy) is 1. The Balaban J connectivity index is 2.63. The van der Waals surface area contributed by atoms with Crippen LogP contribution in [0.25, 0.3) is 0 Å². The van der Waals surface area contributed by atoms with Gasteiger partial charge in [-0.3, -0.25) is 9.59 Å². The van der Waals surface area contributed by atoms with E-state index in [1.165, 1.54) is 7.11 Å². The van der Waals surface area contributed by atoms with E-state index in [9.17, 15) is 9.59 Å². The van der Waals surface area contributed by atoms with Crippen molar-refractivity contribution in [1.29, 1.82) is 0 Å². The van der Waals surface area contributed by atoms with E-state index < -0.39 is 5.54 Å². The lowest BCUT2D eigenvalue weighted by molar-refractivity contribution is -0.140. The maximum absolute atomic E-state index is 12.0. The van der Waals surface area contributed by atoms with Crippen molar-refractivity contribution >= 4 is 27.8 Å². The van der Waals surface area contributed by atoms with Crippen LogP contribution in [0.15, 0.2) is 28.7 Å². The van der Waals surface area contributed by atoms with Crippen molar-refractivity contribution in [3.8, 4) is 0 Å². The molecule has 0 saturated carbocycles. The molecular weight excluding hydrogens is 312 g/mol. The number of hydrogen-bond donors (Lipinski definition) is 2. The van der Waals surface area contributed by atoms with Crippen LogP contribution in [0.1, 0.15) is 18.9 Å². The molecule has 0 aliphatic rings. The predicted octanol–water partition coefficient (Wildman–Crippen LogP) is 1.30. The van der Waals surface area contributed by atoms with Crippen LogP contribution in [0, 0.1) is 0 Å². The van der Waals surface area contributed by atoms with Crippen LogP contribution in [0.2, 0.25) is 0 Å². The van der Waals surface area contributed by atoms with Crippen molar-refractivity contribution in [2.45, 2.75) is 18.9 Å². The van der Waals surface area contributed by atoms with Gasteiger partial charge in [0.25, 0.3) is 0 Å². The number of esters is 1. The van der Waals surface area contributed by atoms with Gasteiger partial charge in [0, 0.05) is 11.0 Å². The van der Waals surface area contributed by atoms with Gasteiger partial charge < -0.3 is 15.8 Å². The van der Waals surface area contributed by atoms with Crippen LogP contribution in [-0.4, -0.2) is 25.5 Å². The van der Waals surface area contributed by atoms with Crippen LogP contribution < -0.4 is 11.1 Å². The fourth-order valence-corrected chi connectivity index (χ4v) is 1.76. The fourth-order valence-electron chi connectivity index (χ4n) is 1.49. The number of rotatable bonds is 5. The van der Waals surface area contributed by atoms with Gasteiger partial charge in [0.05, 0.1) is 13.5 Å². The van der Waals surface area contributed by atoms with Gasteiger partial charge in [-0.25, -0.2) is 0 Å². The zero-order valence-corrected chi connectivity index (χ0v) is 12.5. The largest absolute Gasteiger partial charge is 0.469 e. The van der Waals surface area contributed by atoms with Gasteiger partial charge in [-0.2, -0.15) is 0 Å². The number of nitrogens with two attached hydrogens (primary N) is 1. The Labute approximate surface area is 120 Å². The number of carbonyl (C=O) groups excluding carboxylic acids is 2. The molecule has 3 N–H and O–H groups in total. The number of halogens is 1. The van der Waals surface area contributed by atoms with Crippen molar-refractivity contribution < 1.29 is 14.3 Å². The normalized spacial score (nSPS) is 13.5. The molecule has 0 radical (unpaired) electrons. The van der Waals surface area contributed by atoms with E-state index in [2.05, 4.69) is 26.0 Å². The van der Waals surface area contributed by atoms with Crippen LogP contribution in [-0.2, 0) is 19.9 Å². The minimum Gasteiger partial charge on any atom is -0.469 e. The lowest BCUT2D eigenvalue weighted by Gasteiger charge is -2.24. The molecule has 0 bridgehead atoms. The highest BCUT2D eigenvalue weighted by Crippen LogP contribution is 2.20. The lowest BCUT2D eigenvalue weighted by Crippen LogP contribution is -2.49. The number of hydrogen-bond acceptors (Lipinski definition) is 4. The molecule has 6 heteroatoms. The third-order valence-corrected chi connectivity index (χ3v) is 3.29. The molecule has 0 aromatic heterocycles. The quantitative estimate of drug-likeness (QED) is 0.798. The Bertz CT molecular complexity index is 457. The van der Waals surface area contributed by atoms with E-state index in [1.54, 1.807) is 19.1 Å². The second-order valence-electron chi connectivity index (χ2n) is 4.29. The summed E-state index contributed by atoms with van der Waals surface area (Å²) < 4.78 is 5.40. The smallest absolute Gasteiger partial charge is 0.307 e. The fraction of sp³-hybridized carbons (Fsp3) is 0.385. The third-order valence-electron chi connectivity index (χ3n) is 2.76. The van der Waals surface area contributed by atoms with Crippen LogP contribution >= 0.6 is 15.9 Å². The van der Waals surface area contributed by atoms with Crippen LogP contribution in [0.5, 0.6) is 0 Å². The molecule has 0 aliphatic carbocycles. The van der Waals surface area contributed by atoms with E-state index in [1.807, 2.05) is 12.1 Å². The summed E-state index contributed by atoms with van der Waals surface area (Å²) in [4.78, 5) is 23.0. The molecular formula is C13H17BrN2O3. The van der Waals surface area contributed by atoms with Gasteiger partial charge in [-0.15, -0.1) is 0 Å². The summed E-state index contributed by atoms with van der Waals surface area (Å²) in [6.07, 6.45) is 0.124. The Morgan fingerprint density at radius 3 is 2.47 bits per heavy atom. The standard InChI is InChI=1S/C13H17BrN2O3/c1-13(15,9-3-5-10(14)6-4-9)12(18)16-8-7-11(17)19-2/h3-6H,7-8,15H2,1-2H3,(H,16,18). The SMILES string of the molecule is COC(=O)CCNC(=O)C(C)(N)c1ccc(Br)cc1. The van der Waals surface area contributed by atoms with E-state index in [0.29, 0.717) is 5.56 Å². The molecule has 0 fully saturated rings. The summed E-state index contributed by atoms with van der Waals surface area (Å²) in [7, 11) is 1.30. The lowest BCUT2D eigenvalue weighted by atomic mass is 9.92. The molecule has 1 unspecified atom stereocenters. The summed E-state index contributed by atoms with van der Waals surface area (Å²) in [5.74, 6) is -0.707. The van der Waals surface area contributed by atoms with E-state index in [4.69, 9.17) is 5.73 Å². The van der Waals surface area contributed by atoms with Crippen LogP contribution in [0.4, 0.5) is 0 Å². The highest BCUT2D eigenvalue weighted by atomic mass is 79.9. The van der Waals surface area contributed by atoms with Crippen molar-refractivity contribution in [1.82, 2.24) is 5.32 Å². The van der Waals surface area contributed by atoms with Gasteiger partial charge in [0.2, 0.25) is 5.91 Å². The zero-order chi connectivity index (χ0) is 14.5. The van der Waals surface area contributed by atoms with Crippen molar-refractivity contribution in [2.75, 3.05) is 13.7 Å². The molecule has 0 aliphatic heterocycles. The number of nitrogens with one attached hydrogen (secondary N) is 1. The molecule has 1 rings (SSSR count). The molecule has 0 heterocycles. The Kier molecular flexibility index (Phi) is 5.50. The first-order valence-corrected chi connectivity index (χ1v) is 6.57. The summed E-state index contributed by atoms with van der Waals surface area (Å²) in [5.41, 5.74) is 5.60. The first-order valence-electron chi connectivity index (χ1n) is 5.78. The van der Waals surface area contributed by atoms with Crippen molar-refractivity contribution in [2.24, 2.45) is 5.73 Å². The van der Waals surface area contributed by atoms with Gasteiger partial charge >= 0.3 is 5.97 Å². The first-order chi connectivity index (χ1) is 8.87. The third kappa shape index (κ3) is 4.33. The summed E-state index contributed by atoms with van der Waals surface area (Å²) in [6, 6.07) is 7.21. The van der Waals surface area contributed by atoms with Crippen molar-refractivity contribution in [3.63, 3.8) is 0 Å². The minimum absolute atomic E-state index is 0.124. The molecule has 104 valence electrons. The highest BCUT2D eigenvalue weighted by molar-refractivity contribution is 9.10. The average molecular weight is 329 g/mol. The second-order valence-corrected chi connectivity index (χ2v) is 5.21. The summed E-state index contributed by atoms with van der Waals surface area (Å²) in [5, 5.41) is 2.62. The van der Waals surface area contributed by atoms with Gasteiger partial charge in [-0.1, -0.05) is 28.1 Å². The Morgan fingerprint density at radius 2 is 1.95 bits per heavy atom. The molecule has 1 aromatic rings. The monoisotopic (exact) mass is 328 g/mol. The minimum atomic E-state index is -1.14. The van der Waals surface area contributed by atoms with E-state index >= 15 is 0 Å². The predicted molar refractivity (Wildman–Crippen MR) is 75.3 cm³/mol. The van der Waals surface area contributed by atoms with E-state index in [-0.39, 0.29) is 24.8 Å². The molecule has 1 atom stereocenters. The maximum atomic E-state index is 12.0. The number of methoxy groups -OCH3 is 1. The molecule has 1 amide bonds. The second kappa shape index (κ2) is 6.68.